The van der Waals surface area contributed by atoms with Crippen molar-refractivity contribution in [2.75, 3.05) is 0 Å². The zero-order valence-corrected chi connectivity index (χ0v) is 14.6. The molecule has 1 aromatic carbocycles. The number of rotatable bonds is 6. The molecule has 1 saturated carbocycles. The third-order valence-electron chi connectivity index (χ3n) is 3.96. The summed E-state index contributed by atoms with van der Waals surface area (Å²) in [6, 6.07) is 8.67. The Kier molecular flexibility index (Phi) is 4.18. The standard InChI is InChI=1S/C17H18N4S2/c1-2-11-3-5-13(6-4-11)16-18-14(9-22-16)10-23-17-19-15(20-21-17)12-7-8-12/h3-6,9,12H,2,7-8,10H2,1H3,(H,19,20,21). The fraction of sp³-hybridized carbons (Fsp3) is 0.353. The topological polar surface area (TPSA) is 54.5 Å². The van der Waals surface area contributed by atoms with E-state index < -0.39 is 0 Å². The van der Waals surface area contributed by atoms with Gasteiger partial charge in [0.1, 0.15) is 10.8 Å². The molecule has 0 amide bonds. The summed E-state index contributed by atoms with van der Waals surface area (Å²) in [5.41, 5.74) is 3.64. The van der Waals surface area contributed by atoms with E-state index in [-0.39, 0.29) is 0 Å². The Balaban J connectivity index is 1.40. The van der Waals surface area contributed by atoms with Crippen molar-refractivity contribution in [3.8, 4) is 10.6 Å². The van der Waals surface area contributed by atoms with Crippen molar-refractivity contribution in [1.82, 2.24) is 20.2 Å². The lowest BCUT2D eigenvalue weighted by molar-refractivity contribution is 0.932. The number of benzene rings is 1. The number of nitrogens with zero attached hydrogens (tertiary/aromatic N) is 3. The highest BCUT2D eigenvalue weighted by atomic mass is 32.2. The summed E-state index contributed by atoms with van der Waals surface area (Å²) in [5.74, 6) is 2.47. The van der Waals surface area contributed by atoms with Gasteiger partial charge in [0.05, 0.1) is 5.69 Å². The van der Waals surface area contributed by atoms with Crippen LogP contribution in [0.5, 0.6) is 0 Å². The number of aromatic amines is 1. The van der Waals surface area contributed by atoms with Gasteiger partial charge < -0.3 is 0 Å². The molecule has 0 bridgehead atoms. The van der Waals surface area contributed by atoms with Gasteiger partial charge in [-0.2, -0.15) is 0 Å². The second-order valence-corrected chi connectivity index (χ2v) is 7.56. The summed E-state index contributed by atoms with van der Waals surface area (Å²) >= 11 is 3.34. The number of nitrogens with one attached hydrogen (secondary N) is 1. The third-order valence-corrected chi connectivity index (χ3v) is 5.78. The van der Waals surface area contributed by atoms with E-state index in [9.17, 15) is 0 Å². The molecule has 1 aliphatic carbocycles. The Hall–Kier alpha value is -1.66. The summed E-state index contributed by atoms with van der Waals surface area (Å²) in [6.45, 7) is 2.17. The van der Waals surface area contributed by atoms with Crippen LogP contribution in [0.15, 0.2) is 34.8 Å². The van der Waals surface area contributed by atoms with Crippen LogP contribution in [0.3, 0.4) is 0 Å². The predicted molar refractivity (Wildman–Crippen MR) is 94.8 cm³/mol. The lowest BCUT2D eigenvalue weighted by Crippen LogP contribution is -1.84. The van der Waals surface area contributed by atoms with E-state index in [0.29, 0.717) is 5.92 Å². The van der Waals surface area contributed by atoms with Gasteiger partial charge in [0.2, 0.25) is 5.16 Å². The molecule has 0 saturated heterocycles. The van der Waals surface area contributed by atoms with Crippen molar-refractivity contribution in [3.63, 3.8) is 0 Å². The summed E-state index contributed by atoms with van der Waals surface area (Å²) in [7, 11) is 0. The summed E-state index contributed by atoms with van der Waals surface area (Å²) in [6.07, 6.45) is 3.55. The third kappa shape index (κ3) is 3.48. The van der Waals surface area contributed by atoms with Gasteiger partial charge in [-0.15, -0.1) is 16.4 Å². The first-order valence-corrected chi connectivity index (χ1v) is 9.77. The summed E-state index contributed by atoms with van der Waals surface area (Å²) < 4.78 is 0. The fourth-order valence-corrected chi connectivity index (χ4v) is 4.02. The number of H-pyrrole nitrogens is 1. The van der Waals surface area contributed by atoms with Crippen LogP contribution in [0, 0.1) is 0 Å². The molecular weight excluding hydrogens is 324 g/mol. The summed E-state index contributed by atoms with van der Waals surface area (Å²) in [4.78, 5) is 9.28. The van der Waals surface area contributed by atoms with Crippen LogP contribution in [-0.4, -0.2) is 20.2 Å². The van der Waals surface area contributed by atoms with E-state index in [4.69, 9.17) is 4.98 Å². The lowest BCUT2D eigenvalue weighted by Gasteiger charge is -1.99. The molecule has 1 fully saturated rings. The number of thioether (sulfide) groups is 1. The minimum Gasteiger partial charge on any atom is -0.262 e. The first-order chi connectivity index (χ1) is 11.3. The number of thiazole rings is 1. The van der Waals surface area contributed by atoms with Crippen LogP contribution in [0.4, 0.5) is 0 Å². The van der Waals surface area contributed by atoms with Crippen LogP contribution < -0.4 is 0 Å². The molecule has 0 aliphatic heterocycles. The molecule has 4 nitrogen and oxygen atoms in total. The average Bonchev–Trinajstić information content (AvgIpc) is 3.15. The Morgan fingerprint density at radius 1 is 1.22 bits per heavy atom. The Bertz CT molecular complexity index is 787. The number of hydrogen-bond acceptors (Lipinski definition) is 5. The minimum atomic E-state index is 0.619. The molecule has 3 aromatic rings. The molecule has 0 spiro atoms. The van der Waals surface area contributed by atoms with Crippen molar-refractivity contribution >= 4 is 23.1 Å². The molecule has 0 unspecified atom stereocenters. The van der Waals surface area contributed by atoms with Gasteiger partial charge >= 0.3 is 0 Å². The predicted octanol–water partition coefficient (Wildman–Crippen LogP) is 4.66. The molecule has 6 heteroatoms. The number of aromatic nitrogens is 4. The molecular formula is C17H18N4S2. The Morgan fingerprint density at radius 3 is 2.78 bits per heavy atom. The van der Waals surface area contributed by atoms with E-state index in [1.54, 1.807) is 23.1 Å². The lowest BCUT2D eigenvalue weighted by atomic mass is 10.1. The van der Waals surface area contributed by atoms with Crippen molar-refractivity contribution in [2.45, 2.75) is 43.0 Å². The fourth-order valence-electron chi connectivity index (χ4n) is 2.39. The zero-order valence-electron chi connectivity index (χ0n) is 13.0. The highest BCUT2D eigenvalue weighted by molar-refractivity contribution is 7.98. The Morgan fingerprint density at radius 2 is 2.04 bits per heavy atom. The monoisotopic (exact) mass is 342 g/mol. The van der Waals surface area contributed by atoms with E-state index in [1.165, 1.54) is 24.0 Å². The maximum absolute atomic E-state index is 4.74. The van der Waals surface area contributed by atoms with Gasteiger partial charge in [0, 0.05) is 22.6 Å². The van der Waals surface area contributed by atoms with Crippen molar-refractivity contribution in [2.24, 2.45) is 0 Å². The Labute approximate surface area is 143 Å². The molecule has 2 heterocycles. The molecule has 0 radical (unpaired) electrons. The molecule has 2 aromatic heterocycles. The van der Waals surface area contributed by atoms with Crippen LogP contribution in [0.2, 0.25) is 0 Å². The van der Waals surface area contributed by atoms with Crippen LogP contribution >= 0.6 is 23.1 Å². The number of hydrogen-bond donors (Lipinski definition) is 1. The van der Waals surface area contributed by atoms with E-state index in [2.05, 4.69) is 51.8 Å². The van der Waals surface area contributed by atoms with Crippen LogP contribution in [-0.2, 0) is 12.2 Å². The normalized spacial score (nSPS) is 14.3. The van der Waals surface area contributed by atoms with E-state index in [1.807, 2.05) is 0 Å². The van der Waals surface area contributed by atoms with Crippen molar-refractivity contribution in [3.05, 3.63) is 46.7 Å². The molecule has 118 valence electrons. The highest BCUT2D eigenvalue weighted by Crippen LogP contribution is 2.38. The van der Waals surface area contributed by atoms with Gasteiger partial charge in [-0.3, -0.25) is 5.10 Å². The van der Waals surface area contributed by atoms with Crippen molar-refractivity contribution in [1.29, 1.82) is 0 Å². The molecule has 23 heavy (non-hydrogen) atoms. The minimum absolute atomic E-state index is 0.619. The van der Waals surface area contributed by atoms with E-state index >= 15 is 0 Å². The second kappa shape index (κ2) is 6.45. The smallest absolute Gasteiger partial charge is 0.208 e. The molecule has 0 atom stereocenters. The average molecular weight is 342 g/mol. The first-order valence-electron chi connectivity index (χ1n) is 7.90. The first kappa shape index (κ1) is 14.9. The SMILES string of the molecule is CCc1ccc(-c2nc(CSc3n[nH]c(C4CC4)n3)cs2)cc1. The van der Waals surface area contributed by atoms with Gasteiger partial charge in [0.15, 0.2) is 0 Å². The second-order valence-electron chi connectivity index (χ2n) is 5.76. The molecule has 1 aliphatic rings. The van der Waals surface area contributed by atoms with Gasteiger partial charge in [-0.05, 0) is 24.8 Å². The van der Waals surface area contributed by atoms with Gasteiger partial charge in [0.25, 0.3) is 0 Å². The maximum Gasteiger partial charge on any atom is 0.208 e. The number of aryl methyl sites for hydroxylation is 1. The molecule has 1 N–H and O–H groups in total. The maximum atomic E-state index is 4.74. The quantitative estimate of drug-likeness (QED) is 0.662. The van der Waals surface area contributed by atoms with Crippen LogP contribution in [0.1, 0.15) is 42.8 Å². The molecule has 4 rings (SSSR count). The largest absolute Gasteiger partial charge is 0.262 e. The van der Waals surface area contributed by atoms with Gasteiger partial charge in [-0.25, -0.2) is 9.97 Å². The van der Waals surface area contributed by atoms with Gasteiger partial charge in [-0.1, -0.05) is 43.0 Å². The zero-order chi connectivity index (χ0) is 15.6. The van der Waals surface area contributed by atoms with E-state index in [0.717, 1.165) is 33.9 Å². The highest BCUT2D eigenvalue weighted by Gasteiger charge is 2.27. The summed E-state index contributed by atoms with van der Waals surface area (Å²) in [5, 5.41) is 11.4. The van der Waals surface area contributed by atoms with Crippen LogP contribution in [0.25, 0.3) is 10.6 Å². The van der Waals surface area contributed by atoms with Crippen molar-refractivity contribution < 1.29 is 0 Å².